The van der Waals surface area contributed by atoms with Crippen LogP contribution < -0.4 is 10.6 Å². The van der Waals surface area contributed by atoms with E-state index in [1.54, 1.807) is 36.2 Å². The van der Waals surface area contributed by atoms with Gasteiger partial charge in [-0.1, -0.05) is 13.8 Å². The lowest BCUT2D eigenvalue weighted by atomic mass is 9.94. The third-order valence-corrected chi connectivity index (χ3v) is 3.21. The minimum absolute atomic E-state index is 0.0572. The highest BCUT2D eigenvalue weighted by atomic mass is 16.3. The summed E-state index contributed by atoms with van der Waals surface area (Å²) < 4.78 is 0. The van der Waals surface area contributed by atoms with Crippen LogP contribution in [0.3, 0.4) is 0 Å². The topological polar surface area (TPSA) is 66.6 Å². The molecule has 0 aliphatic heterocycles. The Labute approximate surface area is 115 Å². The largest absolute Gasteiger partial charge is 0.508 e. The Bertz CT molecular complexity index is 401. The van der Waals surface area contributed by atoms with Gasteiger partial charge in [-0.25, -0.2) is 0 Å². The molecule has 0 bridgehead atoms. The van der Waals surface area contributed by atoms with Crippen LogP contribution in [0.25, 0.3) is 0 Å². The quantitative estimate of drug-likeness (QED) is 0.829. The number of anilines is 1. The number of amides is 1. The molecule has 0 saturated heterocycles. The smallest absolute Gasteiger partial charge is 0.227 e. The summed E-state index contributed by atoms with van der Waals surface area (Å²) in [4.78, 5) is 13.8. The molecule has 0 aromatic heterocycles. The number of nitrogens with zero attached hydrogens (tertiary/aromatic N) is 1. The lowest BCUT2D eigenvalue weighted by molar-refractivity contribution is -0.119. The Kier molecular flexibility index (Phi) is 5.83. The van der Waals surface area contributed by atoms with E-state index in [2.05, 4.69) is 13.8 Å². The van der Waals surface area contributed by atoms with E-state index >= 15 is 0 Å². The van der Waals surface area contributed by atoms with Gasteiger partial charge in [0.2, 0.25) is 5.91 Å². The Morgan fingerprint density at radius 1 is 1.32 bits per heavy atom. The minimum atomic E-state index is 0.0572. The van der Waals surface area contributed by atoms with Crippen LogP contribution in [-0.2, 0) is 4.79 Å². The van der Waals surface area contributed by atoms with Crippen molar-refractivity contribution >= 4 is 11.6 Å². The van der Waals surface area contributed by atoms with Crippen LogP contribution >= 0.6 is 0 Å². The van der Waals surface area contributed by atoms with Crippen LogP contribution in [0.2, 0.25) is 0 Å². The standard InChI is InChI=1S/C15H24N2O2/c1-11(2)8-12(10-16)9-15(19)17(3)13-4-6-14(18)7-5-13/h4-7,11-12,18H,8-10,16H2,1-3H3/t12-/m0/s1. The number of rotatable bonds is 6. The Hall–Kier alpha value is -1.55. The van der Waals surface area contributed by atoms with E-state index in [-0.39, 0.29) is 17.6 Å². The zero-order valence-electron chi connectivity index (χ0n) is 12.0. The summed E-state index contributed by atoms with van der Waals surface area (Å²) in [6.07, 6.45) is 1.43. The van der Waals surface area contributed by atoms with Crippen LogP contribution in [0.1, 0.15) is 26.7 Å². The summed E-state index contributed by atoms with van der Waals surface area (Å²) >= 11 is 0. The maximum absolute atomic E-state index is 12.2. The molecule has 0 aliphatic carbocycles. The maximum Gasteiger partial charge on any atom is 0.227 e. The lowest BCUT2D eigenvalue weighted by Crippen LogP contribution is -2.30. The highest BCUT2D eigenvalue weighted by Gasteiger charge is 2.17. The minimum Gasteiger partial charge on any atom is -0.508 e. The van der Waals surface area contributed by atoms with Crippen LogP contribution in [0.15, 0.2) is 24.3 Å². The SMILES string of the molecule is CC(C)C[C@H](CN)CC(=O)N(C)c1ccc(O)cc1. The first kappa shape index (κ1) is 15.5. The second kappa shape index (κ2) is 7.14. The van der Waals surface area contributed by atoms with Gasteiger partial charge in [-0.2, -0.15) is 0 Å². The van der Waals surface area contributed by atoms with E-state index in [9.17, 15) is 9.90 Å². The zero-order valence-corrected chi connectivity index (χ0v) is 12.0. The van der Waals surface area contributed by atoms with Crippen molar-refractivity contribution in [3.05, 3.63) is 24.3 Å². The molecule has 1 amide bonds. The molecule has 0 saturated carbocycles. The van der Waals surface area contributed by atoms with Gasteiger partial charge in [0.05, 0.1) is 0 Å². The molecule has 0 fully saturated rings. The molecule has 0 spiro atoms. The zero-order chi connectivity index (χ0) is 14.4. The van der Waals surface area contributed by atoms with E-state index in [1.165, 1.54) is 0 Å². The first-order valence-corrected chi connectivity index (χ1v) is 6.69. The second-order valence-corrected chi connectivity index (χ2v) is 5.40. The van der Waals surface area contributed by atoms with Gasteiger partial charge in [-0.05, 0) is 49.1 Å². The number of phenolic OH excluding ortho intramolecular Hbond substituents is 1. The van der Waals surface area contributed by atoms with Crippen molar-refractivity contribution in [2.24, 2.45) is 17.6 Å². The number of hydrogen-bond donors (Lipinski definition) is 2. The van der Waals surface area contributed by atoms with Gasteiger partial charge in [0.15, 0.2) is 0 Å². The molecule has 3 N–H and O–H groups in total. The number of aromatic hydroxyl groups is 1. The number of nitrogens with two attached hydrogens (primary N) is 1. The van der Waals surface area contributed by atoms with Crippen molar-refractivity contribution < 1.29 is 9.90 Å². The number of carbonyl (C=O) groups excluding carboxylic acids is 1. The van der Waals surface area contributed by atoms with Crippen LogP contribution in [0, 0.1) is 11.8 Å². The third kappa shape index (κ3) is 4.91. The van der Waals surface area contributed by atoms with Gasteiger partial charge in [-0.15, -0.1) is 0 Å². The summed E-state index contributed by atoms with van der Waals surface area (Å²) in [5, 5.41) is 9.24. The van der Waals surface area contributed by atoms with E-state index in [0.717, 1.165) is 12.1 Å². The third-order valence-electron chi connectivity index (χ3n) is 3.21. The van der Waals surface area contributed by atoms with Crippen molar-refractivity contribution in [1.82, 2.24) is 0 Å². The van der Waals surface area contributed by atoms with Crippen LogP contribution in [0.4, 0.5) is 5.69 Å². The fraction of sp³-hybridized carbons (Fsp3) is 0.533. The van der Waals surface area contributed by atoms with Crippen molar-refractivity contribution in [2.45, 2.75) is 26.7 Å². The molecule has 19 heavy (non-hydrogen) atoms. The van der Waals surface area contributed by atoms with Gasteiger partial charge < -0.3 is 15.7 Å². The molecule has 0 unspecified atom stereocenters. The Morgan fingerprint density at radius 3 is 2.37 bits per heavy atom. The van der Waals surface area contributed by atoms with E-state index in [0.29, 0.717) is 18.9 Å². The van der Waals surface area contributed by atoms with Crippen molar-refractivity contribution in [2.75, 3.05) is 18.5 Å². The van der Waals surface area contributed by atoms with Crippen molar-refractivity contribution in [3.8, 4) is 5.75 Å². The molecule has 0 radical (unpaired) electrons. The highest BCUT2D eigenvalue weighted by Crippen LogP contribution is 2.20. The lowest BCUT2D eigenvalue weighted by Gasteiger charge is -2.22. The number of hydrogen-bond acceptors (Lipinski definition) is 3. The molecular formula is C15H24N2O2. The summed E-state index contributed by atoms with van der Waals surface area (Å²) in [7, 11) is 1.75. The molecule has 1 aromatic carbocycles. The first-order valence-electron chi connectivity index (χ1n) is 6.69. The maximum atomic E-state index is 12.2. The van der Waals surface area contributed by atoms with Crippen molar-refractivity contribution in [3.63, 3.8) is 0 Å². The molecule has 106 valence electrons. The summed E-state index contributed by atoms with van der Waals surface area (Å²) in [5.41, 5.74) is 6.50. The normalized spacial score (nSPS) is 12.5. The van der Waals surface area contributed by atoms with Gasteiger partial charge in [0.1, 0.15) is 5.75 Å². The number of carbonyl (C=O) groups is 1. The van der Waals surface area contributed by atoms with Crippen LogP contribution in [-0.4, -0.2) is 24.6 Å². The predicted molar refractivity (Wildman–Crippen MR) is 78.1 cm³/mol. The molecule has 0 aliphatic rings. The monoisotopic (exact) mass is 264 g/mol. The van der Waals surface area contributed by atoms with E-state index in [4.69, 9.17) is 5.73 Å². The van der Waals surface area contributed by atoms with Gasteiger partial charge >= 0.3 is 0 Å². The fourth-order valence-corrected chi connectivity index (χ4v) is 2.13. The summed E-state index contributed by atoms with van der Waals surface area (Å²) in [6.45, 7) is 4.81. The van der Waals surface area contributed by atoms with Gasteiger partial charge in [0, 0.05) is 19.2 Å². The molecule has 0 heterocycles. The van der Waals surface area contributed by atoms with Gasteiger partial charge in [-0.3, -0.25) is 4.79 Å². The average molecular weight is 264 g/mol. The Balaban J connectivity index is 2.63. The molecule has 4 nitrogen and oxygen atoms in total. The van der Waals surface area contributed by atoms with E-state index < -0.39 is 0 Å². The second-order valence-electron chi connectivity index (χ2n) is 5.40. The average Bonchev–Trinajstić information content (AvgIpc) is 2.37. The van der Waals surface area contributed by atoms with Crippen molar-refractivity contribution in [1.29, 1.82) is 0 Å². The fourth-order valence-electron chi connectivity index (χ4n) is 2.13. The number of phenols is 1. The van der Waals surface area contributed by atoms with E-state index in [1.807, 2.05) is 0 Å². The predicted octanol–water partition coefficient (Wildman–Crippen LogP) is 2.37. The molecular weight excluding hydrogens is 240 g/mol. The molecule has 1 aromatic rings. The molecule has 1 atom stereocenters. The summed E-state index contributed by atoms with van der Waals surface area (Å²) in [5.74, 6) is 1.03. The molecule has 4 heteroatoms. The Morgan fingerprint density at radius 2 is 1.89 bits per heavy atom. The first-order chi connectivity index (χ1) is 8.93. The van der Waals surface area contributed by atoms with Gasteiger partial charge in [0.25, 0.3) is 0 Å². The summed E-state index contributed by atoms with van der Waals surface area (Å²) in [6, 6.07) is 6.61. The highest BCUT2D eigenvalue weighted by molar-refractivity contribution is 5.92. The molecule has 1 rings (SSSR count). The number of benzene rings is 1. The van der Waals surface area contributed by atoms with Crippen LogP contribution in [0.5, 0.6) is 5.75 Å².